The molecule has 0 atom stereocenters. The topological polar surface area (TPSA) is 42.0 Å². The van der Waals surface area contributed by atoms with E-state index in [0.717, 1.165) is 28.1 Å². The Balaban J connectivity index is 1.72. The number of nitrogens with zero attached hydrogens (tertiary/aromatic N) is 1. The average molecular weight is 310 g/mol. The Bertz CT molecular complexity index is 744. The summed E-state index contributed by atoms with van der Waals surface area (Å²) < 4.78 is 1.20. The van der Waals surface area contributed by atoms with Gasteiger partial charge in [0.2, 0.25) is 5.91 Å². The fraction of sp³-hybridized carbons (Fsp3) is 0.222. The van der Waals surface area contributed by atoms with Gasteiger partial charge in [-0.2, -0.15) is 0 Å². The minimum atomic E-state index is 0.109. The molecular formula is C18H18N2OS. The van der Waals surface area contributed by atoms with Gasteiger partial charge in [0.25, 0.3) is 0 Å². The van der Waals surface area contributed by atoms with Crippen molar-refractivity contribution < 1.29 is 4.79 Å². The van der Waals surface area contributed by atoms with Crippen LogP contribution in [-0.4, -0.2) is 10.9 Å². The van der Waals surface area contributed by atoms with E-state index >= 15 is 0 Å². The summed E-state index contributed by atoms with van der Waals surface area (Å²) in [5.74, 6) is 0.109. The van der Waals surface area contributed by atoms with Crippen molar-refractivity contribution in [3.8, 4) is 10.6 Å². The predicted octanol–water partition coefficient (Wildman–Crippen LogP) is 4.38. The first-order chi connectivity index (χ1) is 10.8. The molecule has 0 aliphatic rings. The van der Waals surface area contributed by atoms with E-state index in [0.29, 0.717) is 13.0 Å². The number of amides is 1. The molecule has 3 nitrogen and oxygen atoms in total. The zero-order valence-electron chi connectivity index (χ0n) is 12.5. The highest BCUT2D eigenvalue weighted by molar-refractivity contribution is 7.21. The quantitative estimate of drug-likeness (QED) is 0.760. The molecular weight excluding hydrogens is 292 g/mol. The molecule has 2 aromatic carbocycles. The Labute approximate surface area is 134 Å². The summed E-state index contributed by atoms with van der Waals surface area (Å²) in [6.45, 7) is 2.59. The molecule has 3 rings (SSSR count). The first kappa shape index (κ1) is 14.7. The van der Waals surface area contributed by atoms with Crippen LogP contribution in [0.15, 0.2) is 48.5 Å². The second-order valence-electron chi connectivity index (χ2n) is 5.21. The Morgan fingerprint density at radius 1 is 1.14 bits per heavy atom. The molecule has 0 saturated carbocycles. The van der Waals surface area contributed by atoms with Crippen LogP contribution in [0, 0.1) is 0 Å². The third kappa shape index (κ3) is 3.34. The molecule has 0 aliphatic heterocycles. The maximum absolute atomic E-state index is 11.5. The van der Waals surface area contributed by atoms with Gasteiger partial charge in [0, 0.05) is 18.5 Å². The van der Waals surface area contributed by atoms with Crippen LogP contribution in [-0.2, 0) is 11.3 Å². The standard InChI is InChI=1S/C18H18N2OS/c1-2-5-17(21)19-12-13-8-10-14(11-9-13)18-20-15-6-3-4-7-16(15)22-18/h3-4,6-11H,2,5,12H2,1H3,(H,19,21). The van der Waals surface area contributed by atoms with E-state index in [2.05, 4.69) is 28.5 Å². The molecule has 0 fully saturated rings. The fourth-order valence-electron chi connectivity index (χ4n) is 2.28. The maximum Gasteiger partial charge on any atom is 0.220 e. The molecule has 0 radical (unpaired) electrons. The van der Waals surface area contributed by atoms with Gasteiger partial charge in [-0.25, -0.2) is 4.98 Å². The lowest BCUT2D eigenvalue weighted by atomic mass is 10.1. The van der Waals surface area contributed by atoms with Crippen LogP contribution in [0.25, 0.3) is 20.8 Å². The van der Waals surface area contributed by atoms with Crippen LogP contribution >= 0.6 is 11.3 Å². The van der Waals surface area contributed by atoms with E-state index < -0.39 is 0 Å². The van der Waals surface area contributed by atoms with Crippen molar-refractivity contribution >= 4 is 27.5 Å². The van der Waals surface area contributed by atoms with Gasteiger partial charge in [-0.05, 0) is 24.1 Å². The summed E-state index contributed by atoms with van der Waals surface area (Å²) in [5.41, 5.74) is 3.26. The van der Waals surface area contributed by atoms with Crippen LogP contribution in [0.4, 0.5) is 0 Å². The summed E-state index contributed by atoms with van der Waals surface area (Å²) in [5, 5.41) is 3.96. The Kier molecular flexibility index (Phi) is 4.49. The third-order valence-corrected chi connectivity index (χ3v) is 4.55. The van der Waals surface area contributed by atoms with Crippen molar-refractivity contribution in [2.75, 3.05) is 0 Å². The van der Waals surface area contributed by atoms with E-state index in [1.807, 2.05) is 37.3 Å². The van der Waals surface area contributed by atoms with Gasteiger partial charge in [0.1, 0.15) is 5.01 Å². The number of nitrogens with one attached hydrogen (secondary N) is 1. The van der Waals surface area contributed by atoms with Gasteiger partial charge >= 0.3 is 0 Å². The van der Waals surface area contributed by atoms with Crippen molar-refractivity contribution in [2.24, 2.45) is 0 Å². The lowest BCUT2D eigenvalue weighted by molar-refractivity contribution is -0.121. The van der Waals surface area contributed by atoms with E-state index in [-0.39, 0.29) is 5.91 Å². The predicted molar refractivity (Wildman–Crippen MR) is 91.8 cm³/mol. The Morgan fingerprint density at radius 3 is 2.64 bits per heavy atom. The highest BCUT2D eigenvalue weighted by atomic mass is 32.1. The Hall–Kier alpha value is -2.20. The molecule has 0 aliphatic carbocycles. The summed E-state index contributed by atoms with van der Waals surface area (Å²) in [7, 11) is 0. The van der Waals surface area contributed by atoms with Gasteiger partial charge in [-0.3, -0.25) is 4.79 Å². The van der Waals surface area contributed by atoms with Gasteiger partial charge in [0.15, 0.2) is 0 Å². The normalized spacial score (nSPS) is 10.8. The molecule has 1 heterocycles. The number of carbonyl (C=O) groups is 1. The summed E-state index contributed by atoms with van der Waals surface area (Å²) in [6.07, 6.45) is 1.46. The molecule has 1 amide bonds. The van der Waals surface area contributed by atoms with Crippen molar-refractivity contribution in [1.29, 1.82) is 0 Å². The van der Waals surface area contributed by atoms with Crippen molar-refractivity contribution in [3.05, 3.63) is 54.1 Å². The molecule has 4 heteroatoms. The van der Waals surface area contributed by atoms with Gasteiger partial charge in [-0.15, -0.1) is 11.3 Å². The number of hydrogen-bond acceptors (Lipinski definition) is 3. The number of hydrogen-bond donors (Lipinski definition) is 1. The number of thiazole rings is 1. The van der Waals surface area contributed by atoms with Crippen LogP contribution < -0.4 is 5.32 Å². The first-order valence-corrected chi connectivity index (χ1v) is 8.29. The lowest BCUT2D eigenvalue weighted by Crippen LogP contribution is -2.21. The van der Waals surface area contributed by atoms with Crippen LogP contribution in [0.3, 0.4) is 0 Å². The van der Waals surface area contributed by atoms with Crippen molar-refractivity contribution in [1.82, 2.24) is 10.3 Å². The number of fused-ring (bicyclic) bond motifs is 1. The molecule has 1 N–H and O–H groups in total. The smallest absolute Gasteiger partial charge is 0.220 e. The highest BCUT2D eigenvalue weighted by Crippen LogP contribution is 2.29. The minimum absolute atomic E-state index is 0.109. The molecule has 0 saturated heterocycles. The molecule has 1 aromatic heterocycles. The van der Waals surface area contributed by atoms with E-state index in [1.54, 1.807) is 11.3 Å². The molecule has 0 bridgehead atoms. The fourth-order valence-corrected chi connectivity index (χ4v) is 3.25. The van der Waals surface area contributed by atoms with Gasteiger partial charge < -0.3 is 5.32 Å². The number of aromatic nitrogens is 1. The second kappa shape index (κ2) is 6.71. The number of rotatable bonds is 5. The number of para-hydroxylation sites is 1. The maximum atomic E-state index is 11.5. The molecule has 0 spiro atoms. The van der Waals surface area contributed by atoms with E-state index in [1.165, 1.54) is 4.70 Å². The number of carbonyl (C=O) groups excluding carboxylic acids is 1. The molecule has 22 heavy (non-hydrogen) atoms. The van der Waals surface area contributed by atoms with Crippen LogP contribution in [0.2, 0.25) is 0 Å². The average Bonchev–Trinajstić information content (AvgIpc) is 2.98. The van der Waals surface area contributed by atoms with Crippen LogP contribution in [0.5, 0.6) is 0 Å². The SMILES string of the molecule is CCCC(=O)NCc1ccc(-c2nc3ccccc3s2)cc1. The lowest BCUT2D eigenvalue weighted by Gasteiger charge is -2.05. The Morgan fingerprint density at radius 2 is 1.91 bits per heavy atom. The summed E-state index contributed by atoms with van der Waals surface area (Å²) in [6, 6.07) is 16.4. The van der Waals surface area contributed by atoms with E-state index in [9.17, 15) is 4.79 Å². The second-order valence-corrected chi connectivity index (χ2v) is 6.24. The largest absolute Gasteiger partial charge is 0.352 e. The van der Waals surface area contributed by atoms with Gasteiger partial charge in [0.05, 0.1) is 10.2 Å². The number of benzene rings is 2. The summed E-state index contributed by atoms with van der Waals surface area (Å²) in [4.78, 5) is 16.1. The zero-order chi connectivity index (χ0) is 15.4. The minimum Gasteiger partial charge on any atom is -0.352 e. The molecule has 112 valence electrons. The molecule has 3 aromatic rings. The van der Waals surface area contributed by atoms with Crippen LogP contribution in [0.1, 0.15) is 25.3 Å². The monoisotopic (exact) mass is 310 g/mol. The van der Waals surface area contributed by atoms with Crippen molar-refractivity contribution in [3.63, 3.8) is 0 Å². The van der Waals surface area contributed by atoms with Gasteiger partial charge in [-0.1, -0.05) is 43.3 Å². The first-order valence-electron chi connectivity index (χ1n) is 7.48. The zero-order valence-corrected chi connectivity index (χ0v) is 13.3. The highest BCUT2D eigenvalue weighted by Gasteiger charge is 2.06. The summed E-state index contributed by atoms with van der Waals surface area (Å²) >= 11 is 1.70. The third-order valence-electron chi connectivity index (χ3n) is 3.46. The van der Waals surface area contributed by atoms with E-state index in [4.69, 9.17) is 0 Å². The molecule has 0 unspecified atom stereocenters. The van der Waals surface area contributed by atoms with Crippen molar-refractivity contribution in [2.45, 2.75) is 26.3 Å².